The van der Waals surface area contributed by atoms with E-state index >= 15 is 0 Å². The van der Waals surface area contributed by atoms with Gasteiger partial charge in [0, 0.05) is 5.75 Å². The van der Waals surface area contributed by atoms with Crippen LogP contribution in [0.25, 0.3) is 11.5 Å². The Morgan fingerprint density at radius 2 is 2.04 bits per heavy atom. The van der Waals surface area contributed by atoms with Crippen molar-refractivity contribution in [3.05, 3.63) is 47.9 Å². The summed E-state index contributed by atoms with van der Waals surface area (Å²) in [6.45, 7) is 2.34. The molecule has 0 N–H and O–H groups in total. The maximum Gasteiger partial charge on any atom is 0.276 e. The van der Waals surface area contributed by atoms with Crippen LogP contribution in [0.1, 0.15) is 11.3 Å². The van der Waals surface area contributed by atoms with Gasteiger partial charge in [0.15, 0.2) is 0 Å². The number of ether oxygens (including phenoxy) is 1. The van der Waals surface area contributed by atoms with Crippen molar-refractivity contribution in [1.82, 2.24) is 10.2 Å². The average Bonchev–Trinajstić information content (AvgIpc) is 3.21. The molecule has 0 spiro atoms. The molecule has 0 bridgehead atoms. The van der Waals surface area contributed by atoms with E-state index < -0.39 is 0 Å². The Kier molecular flexibility index (Phi) is 4.64. The highest BCUT2D eigenvalue weighted by Gasteiger charge is 2.13. The fraction of sp³-hybridized carbons (Fsp3) is 0.188. The van der Waals surface area contributed by atoms with Crippen molar-refractivity contribution in [2.75, 3.05) is 12.4 Å². The lowest BCUT2D eigenvalue weighted by Gasteiger charge is -2.04. The summed E-state index contributed by atoms with van der Waals surface area (Å²) in [6.07, 6.45) is 1.59. The van der Waals surface area contributed by atoms with E-state index in [2.05, 4.69) is 16.3 Å². The van der Waals surface area contributed by atoms with Crippen LogP contribution in [0.5, 0.6) is 5.75 Å². The molecule has 3 aromatic rings. The monoisotopic (exact) mass is 327 g/mol. The van der Waals surface area contributed by atoms with Gasteiger partial charge in [0.2, 0.25) is 0 Å². The summed E-state index contributed by atoms with van der Waals surface area (Å²) in [5.74, 6) is 2.59. The lowest BCUT2D eigenvalue weighted by Crippen LogP contribution is -1.99. The van der Waals surface area contributed by atoms with Gasteiger partial charge in [-0.25, -0.2) is 0 Å². The zero-order valence-electron chi connectivity index (χ0n) is 12.4. The van der Waals surface area contributed by atoms with Gasteiger partial charge in [-0.15, -0.1) is 10.2 Å². The van der Waals surface area contributed by atoms with Gasteiger partial charge in [0.1, 0.15) is 11.5 Å². The van der Waals surface area contributed by atoms with Crippen LogP contribution in [0.3, 0.4) is 0 Å². The van der Waals surface area contributed by atoms with E-state index in [1.807, 2.05) is 6.92 Å². The number of aromatic nitrogens is 2. The Morgan fingerprint density at radius 3 is 2.74 bits per heavy atom. The number of nitriles is 1. The summed E-state index contributed by atoms with van der Waals surface area (Å²) in [7, 11) is 0. The number of hydrogen-bond acceptors (Lipinski definition) is 7. The molecule has 6 nitrogen and oxygen atoms in total. The van der Waals surface area contributed by atoms with E-state index in [0.717, 1.165) is 17.1 Å². The molecule has 2 aromatic heterocycles. The van der Waals surface area contributed by atoms with Crippen LogP contribution in [0.15, 0.2) is 50.7 Å². The molecule has 0 aliphatic carbocycles. The predicted octanol–water partition coefficient (Wildman–Crippen LogP) is 3.68. The molecule has 3 rings (SSSR count). The fourth-order valence-corrected chi connectivity index (χ4v) is 2.48. The molecule has 0 atom stereocenters. The SMILES string of the molecule is Cc1occc1-c1nnc(SCCOc2ccc(C#N)cc2)o1. The van der Waals surface area contributed by atoms with Gasteiger partial charge in [-0.3, -0.25) is 0 Å². The summed E-state index contributed by atoms with van der Waals surface area (Å²) in [6, 6.07) is 10.9. The smallest absolute Gasteiger partial charge is 0.276 e. The van der Waals surface area contributed by atoms with E-state index in [-0.39, 0.29) is 0 Å². The first-order chi connectivity index (χ1) is 11.3. The topological polar surface area (TPSA) is 85.1 Å². The van der Waals surface area contributed by atoms with Crippen molar-refractivity contribution in [1.29, 1.82) is 5.26 Å². The molecule has 2 heterocycles. The van der Waals surface area contributed by atoms with Crippen LogP contribution < -0.4 is 4.74 Å². The van der Waals surface area contributed by atoms with Crippen molar-refractivity contribution in [2.45, 2.75) is 12.1 Å². The fourth-order valence-electron chi connectivity index (χ4n) is 1.90. The molecule has 0 amide bonds. The number of rotatable bonds is 6. The highest BCUT2D eigenvalue weighted by Crippen LogP contribution is 2.26. The number of hydrogen-bond donors (Lipinski definition) is 0. The van der Waals surface area contributed by atoms with Crippen molar-refractivity contribution in [2.24, 2.45) is 0 Å². The zero-order valence-corrected chi connectivity index (χ0v) is 13.2. The molecule has 23 heavy (non-hydrogen) atoms. The molecule has 0 saturated carbocycles. The van der Waals surface area contributed by atoms with E-state index in [1.54, 1.807) is 36.6 Å². The third-order valence-electron chi connectivity index (χ3n) is 3.06. The van der Waals surface area contributed by atoms with Gasteiger partial charge in [-0.05, 0) is 37.3 Å². The van der Waals surface area contributed by atoms with Crippen molar-refractivity contribution < 1.29 is 13.6 Å². The zero-order chi connectivity index (χ0) is 16.1. The number of benzene rings is 1. The third kappa shape index (κ3) is 3.73. The normalized spacial score (nSPS) is 10.4. The third-order valence-corrected chi connectivity index (χ3v) is 3.84. The maximum absolute atomic E-state index is 8.73. The average molecular weight is 327 g/mol. The Labute approximate surface area is 137 Å². The van der Waals surface area contributed by atoms with E-state index in [1.165, 1.54) is 11.8 Å². The molecule has 0 saturated heterocycles. The molecule has 0 aliphatic heterocycles. The van der Waals surface area contributed by atoms with Crippen LogP contribution in [0.4, 0.5) is 0 Å². The predicted molar refractivity (Wildman–Crippen MR) is 84.1 cm³/mol. The Morgan fingerprint density at radius 1 is 1.22 bits per heavy atom. The first-order valence-electron chi connectivity index (χ1n) is 6.90. The second kappa shape index (κ2) is 7.03. The molecular weight excluding hydrogens is 314 g/mol. The second-order valence-corrected chi connectivity index (χ2v) is 5.64. The quantitative estimate of drug-likeness (QED) is 0.504. The van der Waals surface area contributed by atoms with Crippen LogP contribution >= 0.6 is 11.8 Å². The van der Waals surface area contributed by atoms with Crippen LogP contribution in [0, 0.1) is 18.3 Å². The molecule has 1 aromatic carbocycles. The van der Waals surface area contributed by atoms with E-state index in [4.69, 9.17) is 18.8 Å². The largest absolute Gasteiger partial charge is 0.493 e. The standard InChI is InChI=1S/C16H13N3O3S/c1-11-14(6-7-20-11)15-18-19-16(22-15)23-9-8-21-13-4-2-12(10-17)3-5-13/h2-7H,8-9H2,1H3. The minimum Gasteiger partial charge on any atom is -0.493 e. The van der Waals surface area contributed by atoms with Gasteiger partial charge >= 0.3 is 0 Å². The van der Waals surface area contributed by atoms with Crippen LogP contribution in [-0.2, 0) is 0 Å². The minimum atomic E-state index is 0.451. The van der Waals surface area contributed by atoms with Crippen molar-refractivity contribution >= 4 is 11.8 Å². The summed E-state index contributed by atoms with van der Waals surface area (Å²) in [4.78, 5) is 0. The molecule has 0 fully saturated rings. The van der Waals surface area contributed by atoms with Gasteiger partial charge in [-0.2, -0.15) is 5.26 Å². The second-order valence-electron chi connectivity index (χ2n) is 4.60. The molecule has 0 unspecified atom stereocenters. The van der Waals surface area contributed by atoms with Crippen molar-refractivity contribution in [3.8, 4) is 23.3 Å². The van der Waals surface area contributed by atoms with Crippen molar-refractivity contribution in [3.63, 3.8) is 0 Å². The highest BCUT2D eigenvalue weighted by molar-refractivity contribution is 7.99. The van der Waals surface area contributed by atoms with Gasteiger partial charge in [-0.1, -0.05) is 11.8 Å². The molecule has 116 valence electrons. The number of furan rings is 1. The Bertz CT molecular complexity index is 818. The molecular formula is C16H13N3O3S. The highest BCUT2D eigenvalue weighted by atomic mass is 32.2. The summed E-state index contributed by atoms with van der Waals surface area (Å²) in [5, 5.41) is 17.2. The minimum absolute atomic E-state index is 0.451. The molecule has 0 aliphatic rings. The van der Waals surface area contributed by atoms with Gasteiger partial charge in [0.05, 0.1) is 30.1 Å². The van der Waals surface area contributed by atoms with Crippen LogP contribution in [-0.4, -0.2) is 22.6 Å². The first kappa shape index (κ1) is 15.2. The summed E-state index contributed by atoms with van der Waals surface area (Å²) < 4.78 is 16.4. The lowest BCUT2D eigenvalue weighted by molar-refractivity contribution is 0.343. The summed E-state index contributed by atoms with van der Waals surface area (Å²) in [5.41, 5.74) is 1.41. The lowest BCUT2D eigenvalue weighted by atomic mass is 10.2. The number of nitrogens with zero attached hydrogens (tertiary/aromatic N) is 3. The van der Waals surface area contributed by atoms with Gasteiger partial charge in [0.25, 0.3) is 11.1 Å². The molecule has 7 heteroatoms. The summed E-state index contributed by atoms with van der Waals surface area (Å²) >= 11 is 1.42. The first-order valence-corrected chi connectivity index (χ1v) is 7.88. The number of thioether (sulfide) groups is 1. The Hall–Kier alpha value is -2.72. The number of aryl methyl sites for hydroxylation is 1. The van der Waals surface area contributed by atoms with E-state index in [9.17, 15) is 0 Å². The molecule has 0 radical (unpaired) electrons. The van der Waals surface area contributed by atoms with E-state index in [0.29, 0.717) is 29.0 Å². The Balaban J connectivity index is 1.48. The van der Waals surface area contributed by atoms with Gasteiger partial charge < -0.3 is 13.6 Å². The van der Waals surface area contributed by atoms with Crippen LogP contribution in [0.2, 0.25) is 0 Å². The maximum atomic E-state index is 8.73.